The number of benzene rings is 2. The van der Waals surface area contributed by atoms with Gasteiger partial charge < -0.3 is 14.3 Å². The monoisotopic (exact) mass is 360 g/mol. The molecule has 1 heterocycles. The first-order valence-corrected chi connectivity index (χ1v) is 8.30. The van der Waals surface area contributed by atoms with Crippen molar-refractivity contribution in [2.24, 2.45) is 0 Å². The van der Waals surface area contributed by atoms with Crippen molar-refractivity contribution in [1.29, 1.82) is 0 Å². The van der Waals surface area contributed by atoms with Crippen LogP contribution in [-0.2, 0) is 0 Å². The summed E-state index contributed by atoms with van der Waals surface area (Å²) in [5.74, 6) is -0.0193. The van der Waals surface area contributed by atoms with Crippen LogP contribution < -0.4 is 34.7 Å². The van der Waals surface area contributed by atoms with E-state index in [0.717, 1.165) is 5.56 Å². The average Bonchev–Trinajstić information content (AvgIpc) is 3.14. The number of hydrogen-bond acceptors (Lipinski definition) is 5. The molecule has 0 aliphatic heterocycles. The second kappa shape index (κ2) is 10.3. The molecular formula is C20H21N2NaO3. The number of carboxylic acid groups (broad SMARTS) is 1. The Morgan fingerprint density at radius 3 is 2.08 bits per heavy atom. The molecule has 1 aromatic heterocycles. The zero-order valence-corrected chi connectivity index (χ0v) is 17.8. The molecule has 0 fully saturated rings. The van der Waals surface area contributed by atoms with Crippen molar-refractivity contribution < 1.29 is 43.9 Å². The van der Waals surface area contributed by atoms with Gasteiger partial charge in [-0.25, -0.2) is 0 Å². The van der Waals surface area contributed by atoms with Crippen LogP contribution in [0.1, 0.15) is 49.5 Å². The van der Waals surface area contributed by atoms with Crippen molar-refractivity contribution in [2.75, 3.05) is 0 Å². The number of rotatable bonds is 4. The minimum Gasteiger partial charge on any atom is -0.545 e. The maximum Gasteiger partial charge on any atom is 1.00 e. The van der Waals surface area contributed by atoms with Crippen LogP contribution in [0.2, 0.25) is 0 Å². The molecule has 0 atom stereocenters. The molecule has 0 radical (unpaired) electrons. The van der Waals surface area contributed by atoms with Crippen molar-refractivity contribution in [3.05, 3.63) is 59.7 Å². The van der Waals surface area contributed by atoms with Gasteiger partial charge in [0.05, 0.1) is 5.97 Å². The van der Waals surface area contributed by atoms with Crippen molar-refractivity contribution in [3.8, 4) is 22.9 Å². The summed E-state index contributed by atoms with van der Waals surface area (Å²) in [5.41, 5.74) is 2.83. The molecule has 0 aliphatic rings. The summed E-state index contributed by atoms with van der Waals surface area (Å²) < 4.78 is 5.71. The van der Waals surface area contributed by atoms with E-state index < -0.39 is 5.97 Å². The van der Waals surface area contributed by atoms with Crippen LogP contribution in [0, 0.1) is 0 Å². The van der Waals surface area contributed by atoms with Crippen LogP contribution in [0.15, 0.2) is 52.9 Å². The van der Waals surface area contributed by atoms with Gasteiger partial charge in [0.15, 0.2) is 0 Å². The smallest absolute Gasteiger partial charge is 0.545 e. The van der Waals surface area contributed by atoms with Crippen molar-refractivity contribution in [2.45, 2.75) is 33.6 Å². The zero-order chi connectivity index (χ0) is 18.4. The molecule has 3 rings (SSSR count). The summed E-state index contributed by atoms with van der Waals surface area (Å²) in [7, 11) is 0. The predicted molar refractivity (Wildman–Crippen MR) is 94.9 cm³/mol. The van der Waals surface area contributed by atoms with Gasteiger partial charge in [0, 0.05) is 11.1 Å². The number of carboxylic acids is 1. The Balaban J connectivity index is 0.00000109. The van der Waals surface area contributed by atoms with Crippen LogP contribution in [0.5, 0.6) is 0 Å². The van der Waals surface area contributed by atoms with Crippen LogP contribution in [0.3, 0.4) is 0 Å². The Morgan fingerprint density at radius 1 is 0.962 bits per heavy atom. The van der Waals surface area contributed by atoms with Gasteiger partial charge in [0.1, 0.15) is 0 Å². The van der Waals surface area contributed by atoms with Crippen molar-refractivity contribution in [1.82, 2.24) is 10.2 Å². The van der Waals surface area contributed by atoms with Crippen LogP contribution in [0.4, 0.5) is 0 Å². The predicted octanol–water partition coefficient (Wildman–Crippen LogP) is 0.921. The number of nitrogens with zero attached hydrogens (tertiary/aromatic N) is 2. The molecular weight excluding hydrogens is 339 g/mol. The van der Waals surface area contributed by atoms with E-state index >= 15 is 0 Å². The number of carbonyl (C=O) groups excluding carboxylic acids is 1. The molecule has 26 heavy (non-hydrogen) atoms. The van der Waals surface area contributed by atoms with E-state index in [-0.39, 0.29) is 35.1 Å². The first-order valence-electron chi connectivity index (χ1n) is 8.30. The molecule has 0 aliphatic carbocycles. The number of aromatic nitrogens is 2. The summed E-state index contributed by atoms with van der Waals surface area (Å²) in [6, 6.07) is 14.1. The SMILES string of the molecule is CC.CC(C)c1cccc(-c2nnc(-c3ccc(C(=O)[O-])cc3)o2)c1.[Na+]. The van der Waals surface area contributed by atoms with Gasteiger partial charge in [-0.2, -0.15) is 0 Å². The van der Waals surface area contributed by atoms with Gasteiger partial charge in [-0.1, -0.05) is 52.0 Å². The normalized spacial score (nSPS) is 9.88. The van der Waals surface area contributed by atoms with Gasteiger partial charge in [0.25, 0.3) is 0 Å². The van der Waals surface area contributed by atoms with Gasteiger partial charge >= 0.3 is 29.6 Å². The molecule has 0 unspecified atom stereocenters. The molecule has 0 saturated heterocycles. The fraction of sp³-hybridized carbons (Fsp3) is 0.250. The maximum atomic E-state index is 10.8. The Morgan fingerprint density at radius 2 is 1.54 bits per heavy atom. The standard InChI is InChI=1S/C18H16N2O3.C2H6.Na/c1-11(2)14-4-3-5-15(10-14)17-20-19-16(23-17)12-6-8-13(9-7-12)18(21)22;1-2;/h3-11H,1-2H3,(H,21,22);1-2H3;/q;;+1/p-1. The average molecular weight is 360 g/mol. The fourth-order valence-electron chi connectivity index (χ4n) is 2.24. The van der Waals surface area contributed by atoms with Gasteiger partial charge in [-0.3, -0.25) is 0 Å². The van der Waals surface area contributed by atoms with E-state index in [1.54, 1.807) is 12.1 Å². The Labute approximate surface area is 175 Å². The third-order valence-corrected chi connectivity index (χ3v) is 3.59. The largest absolute Gasteiger partial charge is 1.00 e. The molecule has 0 N–H and O–H groups in total. The van der Waals surface area contributed by atoms with Crippen molar-refractivity contribution >= 4 is 5.97 Å². The summed E-state index contributed by atoms with van der Waals surface area (Å²) in [6.45, 7) is 8.24. The van der Waals surface area contributed by atoms with Crippen molar-refractivity contribution in [3.63, 3.8) is 0 Å². The summed E-state index contributed by atoms with van der Waals surface area (Å²) in [5, 5.41) is 18.9. The van der Waals surface area contributed by atoms with Gasteiger partial charge in [0.2, 0.25) is 11.8 Å². The molecule has 0 amide bonds. The second-order valence-corrected chi connectivity index (χ2v) is 5.56. The third-order valence-electron chi connectivity index (χ3n) is 3.59. The molecule has 3 aromatic rings. The molecule has 5 nitrogen and oxygen atoms in total. The third kappa shape index (κ3) is 5.27. The van der Waals surface area contributed by atoms with Gasteiger partial charge in [-0.05, 0) is 41.3 Å². The minimum absolute atomic E-state index is 0. The molecule has 130 valence electrons. The molecule has 0 bridgehead atoms. The Kier molecular flexibility index (Phi) is 8.72. The van der Waals surface area contributed by atoms with Gasteiger partial charge in [-0.15, -0.1) is 10.2 Å². The van der Waals surface area contributed by atoms with E-state index in [4.69, 9.17) is 4.42 Å². The van der Waals surface area contributed by atoms with Crippen LogP contribution in [0.25, 0.3) is 22.9 Å². The summed E-state index contributed by atoms with van der Waals surface area (Å²) >= 11 is 0. The molecule has 0 saturated carbocycles. The van der Waals surface area contributed by atoms with Crippen LogP contribution >= 0.6 is 0 Å². The van der Waals surface area contributed by atoms with Crippen LogP contribution in [-0.4, -0.2) is 16.2 Å². The van der Waals surface area contributed by atoms with E-state index in [1.165, 1.54) is 17.7 Å². The minimum atomic E-state index is -1.21. The number of aromatic carboxylic acids is 1. The number of carbonyl (C=O) groups is 1. The first kappa shape index (κ1) is 22.1. The summed E-state index contributed by atoms with van der Waals surface area (Å²) in [6.07, 6.45) is 0. The quantitative estimate of drug-likeness (QED) is 0.647. The summed E-state index contributed by atoms with van der Waals surface area (Å²) in [4.78, 5) is 10.8. The Bertz CT molecular complexity index is 842. The van der Waals surface area contributed by atoms with E-state index in [0.29, 0.717) is 23.3 Å². The van der Waals surface area contributed by atoms with E-state index in [1.807, 2.05) is 32.0 Å². The van der Waals surface area contributed by atoms with E-state index in [2.05, 4.69) is 30.1 Å². The topological polar surface area (TPSA) is 79.0 Å². The molecule has 2 aromatic carbocycles. The number of hydrogen-bond donors (Lipinski definition) is 0. The second-order valence-electron chi connectivity index (χ2n) is 5.56. The first-order chi connectivity index (χ1) is 12.0. The molecule has 0 spiro atoms. The fourth-order valence-corrected chi connectivity index (χ4v) is 2.24. The Hall–Kier alpha value is -1.95. The van der Waals surface area contributed by atoms with E-state index in [9.17, 15) is 9.90 Å². The maximum absolute atomic E-state index is 10.8. The zero-order valence-electron chi connectivity index (χ0n) is 15.8. The molecule has 6 heteroatoms.